The highest BCUT2D eigenvalue weighted by Gasteiger charge is 2.16. The van der Waals surface area contributed by atoms with Gasteiger partial charge in [-0.3, -0.25) is 4.57 Å². The summed E-state index contributed by atoms with van der Waals surface area (Å²) in [4.78, 5) is 0. The lowest BCUT2D eigenvalue weighted by Crippen LogP contribution is -2.17. The molecule has 0 bridgehead atoms. The summed E-state index contributed by atoms with van der Waals surface area (Å²) in [7, 11) is 0. The first-order valence-electron chi connectivity index (χ1n) is 5.27. The van der Waals surface area contributed by atoms with Gasteiger partial charge in [-0.2, -0.15) is 0 Å². The second-order valence-corrected chi connectivity index (χ2v) is 4.71. The lowest BCUT2D eigenvalue weighted by Gasteiger charge is -2.16. The van der Waals surface area contributed by atoms with Crippen LogP contribution in [0.5, 0.6) is 0 Å². The fourth-order valence-corrected chi connectivity index (χ4v) is 2.32. The monoisotopic (exact) mass is 278 g/mol. The van der Waals surface area contributed by atoms with Gasteiger partial charge in [-0.15, -0.1) is 10.2 Å². The minimum absolute atomic E-state index is 0.876. The Balaban J connectivity index is 2.09. The predicted molar refractivity (Wildman–Crippen MR) is 66.3 cm³/mol. The smallest absolute Gasteiger partial charge is 0.224 e. The first-order chi connectivity index (χ1) is 7.84. The van der Waals surface area contributed by atoms with Gasteiger partial charge in [-0.05, 0) is 18.6 Å². The molecule has 1 aromatic carbocycles. The number of benzene rings is 1. The average molecular weight is 279 g/mol. The highest BCUT2D eigenvalue weighted by molar-refractivity contribution is 9.10. The maximum absolute atomic E-state index is 4.24. The van der Waals surface area contributed by atoms with Crippen molar-refractivity contribution in [1.29, 1.82) is 0 Å². The molecule has 2 heterocycles. The number of nitrogens with zero attached hydrogens (tertiary/aromatic N) is 3. The van der Waals surface area contributed by atoms with Crippen molar-refractivity contribution >= 4 is 21.9 Å². The maximum atomic E-state index is 4.24. The third-order valence-electron chi connectivity index (χ3n) is 2.68. The third-order valence-corrected chi connectivity index (χ3v) is 3.17. The van der Waals surface area contributed by atoms with Crippen LogP contribution in [0.1, 0.15) is 6.42 Å². The topological polar surface area (TPSA) is 42.7 Å². The number of hydrogen-bond acceptors (Lipinski definition) is 3. The first-order valence-corrected chi connectivity index (χ1v) is 6.07. The van der Waals surface area contributed by atoms with Crippen LogP contribution in [-0.4, -0.2) is 21.3 Å². The van der Waals surface area contributed by atoms with Crippen molar-refractivity contribution in [1.82, 2.24) is 14.8 Å². The summed E-state index contributed by atoms with van der Waals surface area (Å²) in [6, 6.07) is 8.13. The van der Waals surface area contributed by atoms with Gasteiger partial charge >= 0.3 is 0 Å². The van der Waals surface area contributed by atoms with Crippen LogP contribution in [0, 0.1) is 0 Å². The second-order valence-electron chi connectivity index (χ2n) is 3.79. The highest BCUT2D eigenvalue weighted by atomic mass is 79.9. The van der Waals surface area contributed by atoms with E-state index in [1.54, 1.807) is 0 Å². The largest absolute Gasteiger partial charge is 0.354 e. The van der Waals surface area contributed by atoms with E-state index in [0.717, 1.165) is 41.3 Å². The maximum Gasteiger partial charge on any atom is 0.224 e. The van der Waals surface area contributed by atoms with E-state index in [4.69, 9.17) is 0 Å². The minimum Gasteiger partial charge on any atom is -0.354 e. The van der Waals surface area contributed by atoms with Crippen molar-refractivity contribution < 1.29 is 0 Å². The fourth-order valence-electron chi connectivity index (χ4n) is 1.92. The SMILES string of the molecule is Brc1cccc(-c2nnc3n2CCCN3)c1. The van der Waals surface area contributed by atoms with Gasteiger partial charge in [0.25, 0.3) is 0 Å². The van der Waals surface area contributed by atoms with Crippen LogP contribution in [0.3, 0.4) is 0 Å². The van der Waals surface area contributed by atoms with Crippen LogP contribution >= 0.6 is 15.9 Å². The molecule has 0 amide bonds. The van der Waals surface area contributed by atoms with Crippen LogP contribution in [0.15, 0.2) is 28.7 Å². The summed E-state index contributed by atoms with van der Waals surface area (Å²) in [5.74, 6) is 1.81. The lowest BCUT2D eigenvalue weighted by molar-refractivity contribution is 0.631. The summed E-state index contributed by atoms with van der Waals surface area (Å²) >= 11 is 3.47. The average Bonchev–Trinajstić information content (AvgIpc) is 2.72. The highest BCUT2D eigenvalue weighted by Crippen LogP contribution is 2.25. The van der Waals surface area contributed by atoms with E-state index in [1.165, 1.54) is 0 Å². The Hall–Kier alpha value is -1.36. The molecule has 0 saturated heterocycles. The molecular formula is C11H11BrN4. The van der Waals surface area contributed by atoms with E-state index in [0.29, 0.717) is 0 Å². The van der Waals surface area contributed by atoms with Gasteiger partial charge in [0.2, 0.25) is 5.95 Å². The van der Waals surface area contributed by atoms with Gasteiger partial charge in [0.15, 0.2) is 5.82 Å². The number of anilines is 1. The number of nitrogens with one attached hydrogen (secondary N) is 1. The number of aromatic nitrogens is 3. The zero-order chi connectivity index (χ0) is 11.0. The third kappa shape index (κ3) is 1.61. The Morgan fingerprint density at radius 2 is 2.25 bits per heavy atom. The molecule has 3 rings (SSSR count). The quantitative estimate of drug-likeness (QED) is 0.872. The fraction of sp³-hybridized carbons (Fsp3) is 0.273. The Labute approximate surface area is 102 Å². The first kappa shape index (κ1) is 9.84. The molecule has 0 unspecified atom stereocenters. The van der Waals surface area contributed by atoms with Crippen molar-refractivity contribution in [2.24, 2.45) is 0 Å². The molecule has 0 aliphatic carbocycles. The Kier molecular flexibility index (Phi) is 2.40. The molecule has 0 spiro atoms. The standard InChI is InChI=1S/C11H11BrN4/c12-9-4-1-3-8(7-9)10-14-15-11-13-5-2-6-16(10)11/h1,3-4,7H,2,5-6H2,(H,13,15). The zero-order valence-electron chi connectivity index (χ0n) is 8.65. The van der Waals surface area contributed by atoms with Gasteiger partial charge in [-0.25, -0.2) is 0 Å². The van der Waals surface area contributed by atoms with Crippen molar-refractivity contribution in [3.8, 4) is 11.4 Å². The van der Waals surface area contributed by atoms with Gasteiger partial charge in [0.05, 0.1) is 0 Å². The van der Waals surface area contributed by atoms with Crippen molar-refractivity contribution in [3.05, 3.63) is 28.7 Å². The summed E-state index contributed by atoms with van der Waals surface area (Å²) in [5, 5.41) is 11.6. The number of halogens is 1. The molecule has 0 radical (unpaired) electrons. The molecule has 16 heavy (non-hydrogen) atoms. The number of hydrogen-bond donors (Lipinski definition) is 1. The molecule has 2 aromatic rings. The van der Waals surface area contributed by atoms with Crippen molar-refractivity contribution in [2.75, 3.05) is 11.9 Å². The molecule has 5 heteroatoms. The number of fused-ring (bicyclic) bond motifs is 1. The summed E-state index contributed by atoms with van der Waals surface area (Å²) in [6.45, 7) is 1.97. The van der Waals surface area contributed by atoms with E-state index >= 15 is 0 Å². The summed E-state index contributed by atoms with van der Waals surface area (Å²) < 4.78 is 3.19. The molecular weight excluding hydrogens is 268 g/mol. The minimum atomic E-state index is 0.876. The van der Waals surface area contributed by atoms with Crippen LogP contribution < -0.4 is 5.32 Å². The Morgan fingerprint density at radius 3 is 3.12 bits per heavy atom. The molecule has 1 aliphatic heterocycles. The Bertz CT molecular complexity index is 520. The molecule has 0 atom stereocenters. The molecule has 1 aliphatic rings. The van der Waals surface area contributed by atoms with E-state index in [9.17, 15) is 0 Å². The molecule has 82 valence electrons. The number of rotatable bonds is 1. The summed E-state index contributed by atoms with van der Waals surface area (Å²) in [6.07, 6.45) is 1.12. The van der Waals surface area contributed by atoms with Crippen molar-refractivity contribution in [2.45, 2.75) is 13.0 Å². The van der Waals surface area contributed by atoms with E-state index in [1.807, 2.05) is 12.1 Å². The van der Waals surface area contributed by atoms with Crippen molar-refractivity contribution in [3.63, 3.8) is 0 Å². The zero-order valence-corrected chi connectivity index (χ0v) is 10.2. The van der Waals surface area contributed by atoms with Crippen LogP contribution in [-0.2, 0) is 6.54 Å². The summed E-state index contributed by atoms with van der Waals surface area (Å²) in [5.41, 5.74) is 1.09. The van der Waals surface area contributed by atoms with E-state index in [-0.39, 0.29) is 0 Å². The van der Waals surface area contributed by atoms with Crippen LogP contribution in [0.4, 0.5) is 5.95 Å². The van der Waals surface area contributed by atoms with Crippen LogP contribution in [0.2, 0.25) is 0 Å². The molecule has 4 nitrogen and oxygen atoms in total. The van der Waals surface area contributed by atoms with Crippen LogP contribution in [0.25, 0.3) is 11.4 Å². The molecule has 0 saturated carbocycles. The lowest BCUT2D eigenvalue weighted by atomic mass is 10.2. The second kappa shape index (κ2) is 3.90. The predicted octanol–water partition coefficient (Wildman–Crippen LogP) is 2.52. The molecule has 1 aromatic heterocycles. The van der Waals surface area contributed by atoms with E-state index < -0.39 is 0 Å². The van der Waals surface area contributed by atoms with E-state index in [2.05, 4.69) is 48.1 Å². The Morgan fingerprint density at radius 1 is 1.31 bits per heavy atom. The molecule has 0 fully saturated rings. The normalized spacial score (nSPS) is 14.3. The van der Waals surface area contributed by atoms with Gasteiger partial charge < -0.3 is 5.32 Å². The van der Waals surface area contributed by atoms with Gasteiger partial charge in [0.1, 0.15) is 0 Å². The van der Waals surface area contributed by atoms with Gasteiger partial charge in [-0.1, -0.05) is 28.1 Å². The molecule has 1 N–H and O–H groups in total. The van der Waals surface area contributed by atoms with Gasteiger partial charge in [0, 0.05) is 23.1 Å².